The maximum absolute atomic E-state index is 12.7. The Bertz CT molecular complexity index is 376. The first-order valence-corrected chi connectivity index (χ1v) is 9.50. The second-order valence-electron chi connectivity index (χ2n) is 5.97. The van der Waals surface area contributed by atoms with Gasteiger partial charge in [-0.05, 0) is 44.7 Å². The summed E-state index contributed by atoms with van der Waals surface area (Å²) in [4.78, 5) is 0. The minimum absolute atomic E-state index is 0. The Morgan fingerprint density at radius 1 is 0.952 bits per heavy atom. The molecule has 7 heteroatoms. The third-order valence-corrected chi connectivity index (χ3v) is 6.51. The zero-order valence-electron chi connectivity index (χ0n) is 13.1. The fourth-order valence-electron chi connectivity index (χ4n) is 3.13. The summed E-state index contributed by atoms with van der Waals surface area (Å²) in [7, 11) is -3.21. The predicted octanol–water partition coefficient (Wildman–Crippen LogP) is 1.85. The van der Waals surface area contributed by atoms with Crippen molar-refractivity contribution in [1.82, 2.24) is 13.9 Å². The van der Waals surface area contributed by atoms with E-state index >= 15 is 0 Å². The van der Waals surface area contributed by atoms with Gasteiger partial charge in [-0.1, -0.05) is 19.8 Å². The van der Waals surface area contributed by atoms with Gasteiger partial charge in [0.05, 0.1) is 0 Å². The lowest BCUT2D eigenvalue weighted by Crippen LogP contribution is -2.48. The third kappa shape index (κ3) is 5.36. The van der Waals surface area contributed by atoms with Crippen molar-refractivity contribution in [1.29, 1.82) is 0 Å². The zero-order chi connectivity index (χ0) is 14.4. The van der Waals surface area contributed by atoms with Crippen molar-refractivity contribution < 1.29 is 8.42 Å². The maximum Gasteiger partial charge on any atom is 0.281 e. The van der Waals surface area contributed by atoms with Crippen molar-refractivity contribution in [3.8, 4) is 0 Å². The summed E-state index contributed by atoms with van der Waals surface area (Å²) in [5.41, 5.74) is 0. The number of nitrogens with one attached hydrogen (secondary N) is 1. The molecule has 2 fully saturated rings. The van der Waals surface area contributed by atoms with Gasteiger partial charge in [-0.15, -0.1) is 12.4 Å². The van der Waals surface area contributed by atoms with Gasteiger partial charge in [0.2, 0.25) is 0 Å². The van der Waals surface area contributed by atoms with Crippen LogP contribution in [-0.2, 0) is 10.2 Å². The average Bonchev–Trinajstić information content (AvgIpc) is 2.75. The van der Waals surface area contributed by atoms with Crippen molar-refractivity contribution in [2.75, 3.05) is 39.3 Å². The Kier molecular flexibility index (Phi) is 8.49. The van der Waals surface area contributed by atoms with E-state index < -0.39 is 10.2 Å². The largest absolute Gasteiger partial charge is 0.317 e. The highest BCUT2D eigenvalue weighted by Gasteiger charge is 2.32. The summed E-state index contributed by atoms with van der Waals surface area (Å²) in [6.07, 6.45) is 6.32. The standard InChI is InChI=1S/C14H29N3O2S.ClH/c1-2-15-13-14-7-11-17(12-8-14)20(18,19)16-9-5-3-4-6-10-16;/h14-15H,2-13H2,1H3;1H. The predicted molar refractivity (Wildman–Crippen MR) is 89.0 cm³/mol. The molecule has 2 heterocycles. The van der Waals surface area contributed by atoms with E-state index in [1.54, 1.807) is 8.61 Å². The lowest BCUT2D eigenvalue weighted by Gasteiger charge is -2.34. The van der Waals surface area contributed by atoms with Gasteiger partial charge in [-0.3, -0.25) is 0 Å². The van der Waals surface area contributed by atoms with Gasteiger partial charge < -0.3 is 5.32 Å². The van der Waals surface area contributed by atoms with E-state index in [0.717, 1.165) is 51.6 Å². The van der Waals surface area contributed by atoms with Crippen LogP contribution >= 0.6 is 12.4 Å². The maximum atomic E-state index is 12.7. The van der Waals surface area contributed by atoms with Gasteiger partial charge in [0.15, 0.2) is 0 Å². The summed E-state index contributed by atoms with van der Waals surface area (Å²) in [5, 5.41) is 3.36. The Labute approximate surface area is 136 Å². The van der Waals surface area contributed by atoms with Crippen LogP contribution in [0.15, 0.2) is 0 Å². The Hall–Kier alpha value is 0.120. The second kappa shape index (κ2) is 9.30. The minimum Gasteiger partial charge on any atom is -0.317 e. The molecule has 1 N–H and O–H groups in total. The molecule has 0 aromatic rings. The smallest absolute Gasteiger partial charge is 0.281 e. The topological polar surface area (TPSA) is 52.7 Å². The van der Waals surface area contributed by atoms with E-state index in [-0.39, 0.29) is 12.4 Å². The lowest BCUT2D eigenvalue weighted by atomic mass is 9.98. The van der Waals surface area contributed by atoms with Crippen molar-refractivity contribution in [2.45, 2.75) is 45.4 Å². The number of piperidine rings is 1. The quantitative estimate of drug-likeness (QED) is 0.831. The van der Waals surface area contributed by atoms with Crippen LogP contribution < -0.4 is 5.32 Å². The van der Waals surface area contributed by atoms with Crippen LogP contribution in [0.25, 0.3) is 0 Å². The molecule has 5 nitrogen and oxygen atoms in total. The summed E-state index contributed by atoms with van der Waals surface area (Å²) in [5.74, 6) is 0.630. The van der Waals surface area contributed by atoms with Gasteiger partial charge in [-0.25, -0.2) is 0 Å². The van der Waals surface area contributed by atoms with Crippen molar-refractivity contribution in [3.63, 3.8) is 0 Å². The van der Waals surface area contributed by atoms with Gasteiger partial charge in [0.25, 0.3) is 10.2 Å². The van der Waals surface area contributed by atoms with Gasteiger partial charge in [0, 0.05) is 26.2 Å². The molecule has 2 rings (SSSR count). The van der Waals surface area contributed by atoms with Crippen LogP contribution in [0.3, 0.4) is 0 Å². The lowest BCUT2D eigenvalue weighted by molar-refractivity contribution is 0.250. The molecule has 0 radical (unpaired) electrons. The third-order valence-electron chi connectivity index (χ3n) is 4.47. The van der Waals surface area contributed by atoms with E-state index in [4.69, 9.17) is 0 Å². The number of halogens is 1. The normalized spacial score (nSPS) is 23.5. The highest BCUT2D eigenvalue weighted by Crippen LogP contribution is 2.22. The molecule has 0 saturated carbocycles. The van der Waals surface area contributed by atoms with E-state index in [9.17, 15) is 8.42 Å². The number of nitrogens with zero attached hydrogens (tertiary/aromatic N) is 2. The van der Waals surface area contributed by atoms with E-state index in [2.05, 4.69) is 12.2 Å². The van der Waals surface area contributed by atoms with E-state index in [1.807, 2.05) is 0 Å². The van der Waals surface area contributed by atoms with Crippen molar-refractivity contribution >= 4 is 22.6 Å². The number of hydrogen-bond donors (Lipinski definition) is 1. The van der Waals surface area contributed by atoms with Crippen LogP contribution in [0.4, 0.5) is 0 Å². The van der Waals surface area contributed by atoms with Crippen LogP contribution in [0.2, 0.25) is 0 Å². The number of hydrogen-bond acceptors (Lipinski definition) is 3. The van der Waals surface area contributed by atoms with Gasteiger partial charge >= 0.3 is 0 Å². The van der Waals surface area contributed by atoms with Gasteiger partial charge in [0.1, 0.15) is 0 Å². The Morgan fingerprint density at radius 3 is 2.00 bits per heavy atom. The Morgan fingerprint density at radius 2 is 1.48 bits per heavy atom. The monoisotopic (exact) mass is 339 g/mol. The molecule has 0 atom stereocenters. The minimum atomic E-state index is -3.21. The number of rotatable bonds is 5. The molecule has 21 heavy (non-hydrogen) atoms. The summed E-state index contributed by atoms with van der Waals surface area (Å²) >= 11 is 0. The molecule has 0 unspecified atom stereocenters. The van der Waals surface area contributed by atoms with Crippen molar-refractivity contribution in [3.05, 3.63) is 0 Å². The Balaban J connectivity index is 0.00000220. The molecular formula is C14H30ClN3O2S. The first-order valence-electron chi connectivity index (χ1n) is 8.10. The molecule has 0 aromatic heterocycles. The molecule has 2 saturated heterocycles. The first kappa shape index (κ1) is 19.2. The molecule has 0 spiro atoms. The summed E-state index contributed by atoms with van der Waals surface area (Å²) < 4.78 is 28.7. The van der Waals surface area contributed by atoms with Crippen LogP contribution in [0.1, 0.15) is 45.4 Å². The van der Waals surface area contributed by atoms with Crippen LogP contribution in [0.5, 0.6) is 0 Å². The summed E-state index contributed by atoms with van der Waals surface area (Å²) in [6, 6.07) is 0. The highest BCUT2D eigenvalue weighted by molar-refractivity contribution is 7.86. The molecule has 0 aliphatic carbocycles. The first-order chi connectivity index (χ1) is 9.64. The molecule has 2 aliphatic rings. The van der Waals surface area contributed by atoms with Gasteiger partial charge in [-0.2, -0.15) is 17.0 Å². The van der Waals surface area contributed by atoms with E-state index in [1.165, 1.54) is 0 Å². The van der Waals surface area contributed by atoms with Crippen LogP contribution in [0, 0.1) is 5.92 Å². The molecule has 0 aromatic carbocycles. The highest BCUT2D eigenvalue weighted by atomic mass is 35.5. The molecule has 0 bridgehead atoms. The molecular weight excluding hydrogens is 310 g/mol. The summed E-state index contributed by atoms with van der Waals surface area (Å²) in [6.45, 7) is 6.92. The van der Waals surface area contributed by atoms with Crippen LogP contribution in [-0.4, -0.2) is 56.3 Å². The van der Waals surface area contributed by atoms with Crippen molar-refractivity contribution in [2.24, 2.45) is 5.92 Å². The fourth-order valence-corrected chi connectivity index (χ4v) is 4.85. The molecule has 126 valence electrons. The zero-order valence-corrected chi connectivity index (χ0v) is 14.7. The van der Waals surface area contributed by atoms with E-state index in [0.29, 0.717) is 32.1 Å². The molecule has 0 amide bonds. The second-order valence-corrected chi connectivity index (χ2v) is 7.90. The fraction of sp³-hybridized carbons (Fsp3) is 1.00. The SMILES string of the molecule is CCNCC1CCN(S(=O)(=O)N2CCCCCC2)CC1.Cl. The molecule has 2 aliphatic heterocycles. The average molecular weight is 340 g/mol.